The molecule has 1 heterocycles. The standard InChI is InChI=1S/C14H28N4O/c1-6-8-9-18(7-2)12(10-15)13-11(3)16-17(4)14(13)19-5/h12H,6-10,15H2,1-5H3. The Morgan fingerprint density at radius 1 is 1.42 bits per heavy atom. The highest BCUT2D eigenvalue weighted by Crippen LogP contribution is 2.31. The summed E-state index contributed by atoms with van der Waals surface area (Å²) in [4.78, 5) is 2.41. The Morgan fingerprint density at radius 3 is 2.58 bits per heavy atom. The molecule has 0 aliphatic heterocycles. The van der Waals surface area contributed by atoms with Gasteiger partial charge in [-0.1, -0.05) is 20.3 Å². The van der Waals surface area contributed by atoms with Gasteiger partial charge in [-0.15, -0.1) is 0 Å². The Balaban J connectivity index is 3.07. The normalized spacial score (nSPS) is 13.0. The third kappa shape index (κ3) is 3.48. The molecule has 5 heteroatoms. The number of hydrogen-bond acceptors (Lipinski definition) is 4. The maximum Gasteiger partial charge on any atom is 0.216 e. The monoisotopic (exact) mass is 268 g/mol. The fraction of sp³-hybridized carbons (Fsp3) is 0.786. The van der Waals surface area contributed by atoms with E-state index in [0.717, 1.165) is 30.2 Å². The van der Waals surface area contributed by atoms with Gasteiger partial charge >= 0.3 is 0 Å². The maximum absolute atomic E-state index is 6.02. The smallest absolute Gasteiger partial charge is 0.216 e. The number of unbranched alkanes of at least 4 members (excludes halogenated alkanes) is 1. The van der Waals surface area contributed by atoms with Crippen molar-refractivity contribution in [3.05, 3.63) is 11.3 Å². The van der Waals surface area contributed by atoms with E-state index in [-0.39, 0.29) is 6.04 Å². The molecular weight excluding hydrogens is 240 g/mol. The minimum atomic E-state index is 0.181. The van der Waals surface area contributed by atoms with E-state index in [1.807, 2.05) is 14.0 Å². The summed E-state index contributed by atoms with van der Waals surface area (Å²) in [5, 5.41) is 4.46. The number of rotatable bonds is 8. The number of aromatic nitrogens is 2. The van der Waals surface area contributed by atoms with Crippen molar-refractivity contribution in [3.63, 3.8) is 0 Å². The van der Waals surface area contributed by atoms with Crippen molar-refractivity contribution in [2.45, 2.75) is 39.7 Å². The van der Waals surface area contributed by atoms with Gasteiger partial charge < -0.3 is 10.5 Å². The zero-order valence-electron chi connectivity index (χ0n) is 12.9. The molecule has 5 nitrogen and oxygen atoms in total. The number of ether oxygens (including phenoxy) is 1. The van der Waals surface area contributed by atoms with Gasteiger partial charge in [0.2, 0.25) is 5.88 Å². The van der Waals surface area contributed by atoms with Crippen LogP contribution >= 0.6 is 0 Å². The lowest BCUT2D eigenvalue weighted by molar-refractivity contribution is 0.204. The summed E-state index contributed by atoms with van der Waals surface area (Å²) in [5.41, 5.74) is 8.15. The summed E-state index contributed by atoms with van der Waals surface area (Å²) in [5.74, 6) is 0.822. The molecule has 0 bridgehead atoms. The molecule has 2 N–H and O–H groups in total. The van der Waals surface area contributed by atoms with Crippen LogP contribution in [0.25, 0.3) is 0 Å². The summed E-state index contributed by atoms with van der Waals surface area (Å²) in [6, 6.07) is 0.181. The maximum atomic E-state index is 6.02. The molecule has 0 amide bonds. The number of likely N-dealkylation sites (N-methyl/N-ethyl adjacent to an activating group) is 1. The van der Waals surface area contributed by atoms with Crippen LogP contribution < -0.4 is 10.5 Å². The van der Waals surface area contributed by atoms with E-state index in [0.29, 0.717) is 6.54 Å². The number of aryl methyl sites for hydroxylation is 2. The first-order valence-electron chi connectivity index (χ1n) is 7.12. The first kappa shape index (κ1) is 16.0. The van der Waals surface area contributed by atoms with Crippen molar-refractivity contribution in [1.82, 2.24) is 14.7 Å². The van der Waals surface area contributed by atoms with Gasteiger partial charge in [0.05, 0.1) is 24.4 Å². The Kier molecular flexibility index (Phi) is 6.31. The molecule has 0 saturated heterocycles. The second-order valence-corrected chi connectivity index (χ2v) is 4.87. The van der Waals surface area contributed by atoms with Gasteiger partial charge in [-0.25, -0.2) is 4.68 Å². The third-order valence-electron chi connectivity index (χ3n) is 3.61. The number of nitrogens with two attached hydrogens (primary N) is 1. The van der Waals surface area contributed by atoms with Crippen LogP contribution in [0.15, 0.2) is 0 Å². The molecule has 0 aromatic carbocycles. The largest absolute Gasteiger partial charge is 0.481 e. The lowest BCUT2D eigenvalue weighted by Gasteiger charge is -2.30. The highest BCUT2D eigenvalue weighted by atomic mass is 16.5. The van der Waals surface area contributed by atoms with Crippen molar-refractivity contribution in [2.24, 2.45) is 12.8 Å². The van der Waals surface area contributed by atoms with Crippen molar-refractivity contribution in [1.29, 1.82) is 0 Å². The van der Waals surface area contributed by atoms with E-state index in [2.05, 4.69) is 23.8 Å². The van der Waals surface area contributed by atoms with Crippen LogP contribution in [0.1, 0.15) is 44.0 Å². The lowest BCUT2D eigenvalue weighted by Crippen LogP contribution is -2.35. The van der Waals surface area contributed by atoms with E-state index in [9.17, 15) is 0 Å². The van der Waals surface area contributed by atoms with E-state index < -0.39 is 0 Å². The van der Waals surface area contributed by atoms with Crippen molar-refractivity contribution >= 4 is 0 Å². The molecule has 1 unspecified atom stereocenters. The second kappa shape index (κ2) is 7.50. The molecule has 0 aliphatic carbocycles. The molecule has 0 aliphatic rings. The first-order valence-corrected chi connectivity index (χ1v) is 7.12. The van der Waals surface area contributed by atoms with E-state index in [1.165, 1.54) is 12.8 Å². The highest BCUT2D eigenvalue weighted by molar-refractivity contribution is 5.34. The predicted octanol–water partition coefficient (Wildman–Crippen LogP) is 1.86. The van der Waals surface area contributed by atoms with Gasteiger partial charge in [0.25, 0.3) is 0 Å². The Hall–Kier alpha value is -1.07. The average Bonchev–Trinajstić information content (AvgIpc) is 2.68. The average molecular weight is 268 g/mol. The van der Waals surface area contributed by atoms with Crippen LogP contribution in [0.2, 0.25) is 0 Å². The molecule has 0 radical (unpaired) electrons. The van der Waals surface area contributed by atoms with Gasteiger partial charge in [0.15, 0.2) is 0 Å². The molecule has 110 valence electrons. The van der Waals surface area contributed by atoms with Crippen LogP contribution in [-0.4, -0.2) is 41.4 Å². The molecule has 0 saturated carbocycles. The minimum Gasteiger partial charge on any atom is -0.481 e. The second-order valence-electron chi connectivity index (χ2n) is 4.87. The topological polar surface area (TPSA) is 56.3 Å². The summed E-state index contributed by atoms with van der Waals surface area (Å²) in [6.07, 6.45) is 2.38. The van der Waals surface area contributed by atoms with Gasteiger partial charge in [0.1, 0.15) is 0 Å². The molecule has 19 heavy (non-hydrogen) atoms. The lowest BCUT2D eigenvalue weighted by atomic mass is 10.1. The van der Waals surface area contributed by atoms with Crippen molar-refractivity contribution in [3.8, 4) is 5.88 Å². The molecule has 1 aromatic heterocycles. The molecular formula is C14H28N4O. The predicted molar refractivity (Wildman–Crippen MR) is 78.4 cm³/mol. The third-order valence-corrected chi connectivity index (χ3v) is 3.61. The fourth-order valence-corrected chi connectivity index (χ4v) is 2.62. The number of hydrogen-bond donors (Lipinski definition) is 1. The highest BCUT2D eigenvalue weighted by Gasteiger charge is 2.26. The molecule has 0 fully saturated rings. The van der Waals surface area contributed by atoms with Crippen LogP contribution in [0.3, 0.4) is 0 Å². The summed E-state index contributed by atoms with van der Waals surface area (Å²) in [6.45, 7) is 9.04. The van der Waals surface area contributed by atoms with Gasteiger partial charge in [-0.3, -0.25) is 4.90 Å². The molecule has 1 rings (SSSR count). The molecule has 1 atom stereocenters. The number of methoxy groups -OCH3 is 1. The van der Waals surface area contributed by atoms with Crippen molar-refractivity contribution < 1.29 is 4.74 Å². The first-order chi connectivity index (χ1) is 9.10. The minimum absolute atomic E-state index is 0.181. The van der Waals surface area contributed by atoms with E-state index in [4.69, 9.17) is 10.5 Å². The summed E-state index contributed by atoms with van der Waals surface area (Å²) < 4.78 is 7.29. The fourth-order valence-electron chi connectivity index (χ4n) is 2.62. The summed E-state index contributed by atoms with van der Waals surface area (Å²) in [7, 11) is 3.60. The van der Waals surface area contributed by atoms with E-state index in [1.54, 1.807) is 11.8 Å². The van der Waals surface area contributed by atoms with Crippen LogP contribution in [0.5, 0.6) is 5.88 Å². The zero-order valence-corrected chi connectivity index (χ0v) is 12.9. The van der Waals surface area contributed by atoms with E-state index >= 15 is 0 Å². The Bertz CT molecular complexity index is 389. The van der Waals surface area contributed by atoms with Crippen LogP contribution in [0, 0.1) is 6.92 Å². The quantitative estimate of drug-likeness (QED) is 0.782. The zero-order chi connectivity index (χ0) is 14.4. The van der Waals surface area contributed by atoms with Gasteiger partial charge in [0, 0.05) is 13.6 Å². The van der Waals surface area contributed by atoms with Gasteiger partial charge in [-0.2, -0.15) is 5.10 Å². The molecule has 0 spiro atoms. The van der Waals surface area contributed by atoms with Gasteiger partial charge in [-0.05, 0) is 26.4 Å². The van der Waals surface area contributed by atoms with Crippen molar-refractivity contribution in [2.75, 3.05) is 26.7 Å². The Morgan fingerprint density at radius 2 is 2.11 bits per heavy atom. The SMILES string of the molecule is CCCCN(CC)C(CN)c1c(C)nn(C)c1OC. The Labute approximate surface area is 116 Å². The van der Waals surface area contributed by atoms with Crippen LogP contribution in [0.4, 0.5) is 0 Å². The summed E-state index contributed by atoms with van der Waals surface area (Å²) >= 11 is 0. The van der Waals surface area contributed by atoms with Crippen LogP contribution in [-0.2, 0) is 7.05 Å². The number of nitrogens with zero attached hydrogens (tertiary/aromatic N) is 3. The molecule has 1 aromatic rings.